The van der Waals surface area contributed by atoms with Gasteiger partial charge in [-0.25, -0.2) is 18.2 Å². The largest absolute Gasteiger partial charge is 0.444 e. The van der Waals surface area contributed by atoms with E-state index >= 15 is 0 Å². The van der Waals surface area contributed by atoms with Crippen molar-refractivity contribution in [1.82, 2.24) is 15.2 Å². The third-order valence-electron chi connectivity index (χ3n) is 5.57. The molecule has 2 aromatic rings. The highest BCUT2D eigenvalue weighted by Gasteiger charge is 2.42. The van der Waals surface area contributed by atoms with Gasteiger partial charge in [0.1, 0.15) is 11.1 Å². The minimum absolute atomic E-state index is 0.00267. The van der Waals surface area contributed by atoms with Gasteiger partial charge in [-0.05, 0) is 58.1 Å². The number of rotatable bonds is 11. The maximum Gasteiger partial charge on any atom is 0.407 e. The Kier molecular flexibility index (Phi) is 8.42. The summed E-state index contributed by atoms with van der Waals surface area (Å²) < 4.78 is 37.3. The van der Waals surface area contributed by atoms with Crippen LogP contribution < -0.4 is 5.32 Å². The predicted molar refractivity (Wildman–Crippen MR) is 130 cm³/mol. The minimum Gasteiger partial charge on any atom is -0.444 e. The van der Waals surface area contributed by atoms with Crippen LogP contribution in [0.15, 0.2) is 28.7 Å². The molecule has 1 aromatic carbocycles. The molecule has 0 radical (unpaired) electrons. The number of sulfone groups is 1. The predicted octanol–water partition coefficient (Wildman–Crippen LogP) is 3.17. The second kappa shape index (κ2) is 10.9. The SMILES string of the molecule is CCCCN(C(=O)[C@@H](CNC(=O)OC(C)(C)C)S(=O)(=O)CC1CC1)[C@@H](O)c1nc2ccccc2o1. The van der Waals surface area contributed by atoms with Crippen molar-refractivity contribution in [3.8, 4) is 0 Å². The number of aliphatic hydroxyl groups excluding tert-OH is 1. The number of unbranched alkanes of at least 4 members (excludes halogenated alkanes) is 1. The van der Waals surface area contributed by atoms with E-state index < -0.39 is 45.5 Å². The number of aromatic nitrogens is 1. The number of benzene rings is 1. The normalized spacial score (nSPS) is 16.0. The Bertz CT molecular complexity index is 1100. The standard InChI is InChI=1S/C24H35N3O7S/c1-5-6-13-27(22(29)20-26-17-9-7-8-10-18(17)33-20)21(28)19(35(31,32)15-16-11-12-16)14-25-23(30)34-24(2,3)4/h7-10,16,19,22,29H,5-6,11-15H2,1-4H3,(H,25,30)/t19-,22+/m1/s1. The number of hydrogen-bond donors (Lipinski definition) is 2. The monoisotopic (exact) mass is 509 g/mol. The van der Waals surface area contributed by atoms with Crippen LogP contribution in [0.2, 0.25) is 0 Å². The summed E-state index contributed by atoms with van der Waals surface area (Å²) in [6.45, 7) is 6.59. The maximum atomic E-state index is 13.7. The van der Waals surface area contributed by atoms with Crippen molar-refractivity contribution < 1.29 is 32.3 Å². The van der Waals surface area contributed by atoms with E-state index in [0.29, 0.717) is 23.9 Å². The van der Waals surface area contributed by atoms with Gasteiger partial charge in [0.05, 0.1) is 5.75 Å². The van der Waals surface area contributed by atoms with Gasteiger partial charge in [-0.3, -0.25) is 4.79 Å². The molecule has 194 valence electrons. The van der Waals surface area contributed by atoms with Crippen LogP contribution in [0.3, 0.4) is 0 Å². The number of ether oxygens (including phenoxy) is 1. The van der Waals surface area contributed by atoms with E-state index in [1.165, 1.54) is 0 Å². The highest BCUT2D eigenvalue weighted by atomic mass is 32.2. The number of nitrogens with one attached hydrogen (secondary N) is 1. The molecule has 3 rings (SSSR count). The lowest BCUT2D eigenvalue weighted by Crippen LogP contribution is -2.51. The second-order valence-electron chi connectivity index (χ2n) is 9.92. The van der Waals surface area contributed by atoms with E-state index in [9.17, 15) is 23.1 Å². The second-order valence-corrected chi connectivity index (χ2v) is 12.2. The number of hydrogen-bond acceptors (Lipinski definition) is 8. The fourth-order valence-electron chi connectivity index (χ4n) is 3.59. The summed E-state index contributed by atoms with van der Waals surface area (Å²) in [7, 11) is -3.93. The summed E-state index contributed by atoms with van der Waals surface area (Å²) in [5, 5.41) is 11.9. The van der Waals surface area contributed by atoms with Crippen LogP contribution >= 0.6 is 0 Å². The minimum atomic E-state index is -3.93. The molecule has 11 heteroatoms. The molecule has 35 heavy (non-hydrogen) atoms. The fourth-order valence-corrected chi connectivity index (χ4v) is 5.59. The summed E-state index contributed by atoms with van der Waals surface area (Å²) in [6.07, 6.45) is 0.394. The van der Waals surface area contributed by atoms with Crippen molar-refractivity contribution in [3.05, 3.63) is 30.2 Å². The maximum absolute atomic E-state index is 13.7. The van der Waals surface area contributed by atoms with Gasteiger partial charge >= 0.3 is 6.09 Å². The molecule has 0 unspecified atom stereocenters. The van der Waals surface area contributed by atoms with Crippen molar-refractivity contribution in [2.24, 2.45) is 5.92 Å². The summed E-state index contributed by atoms with van der Waals surface area (Å²) in [5.74, 6) is -1.07. The Morgan fingerprint density at radius 3 is 2.57 bits per heavy atom. The molecule has 10 nitrogen and oxygen atoms in total. The number of oxazole rings is 1. The van der Waals surface area contributed by atoms with Crippen LogP contribution in [0.1, 0.15) is 65.5 Å². The number of para-hydroxylation sites is 2. The van der Waals surface area contributed by atoms with Gasteiger partial charge in [-0.2, -0.15) is 0 Å². The molecule has 0 saturated heterocycles. The number of aliphatic hydroxyl groups is 1. The molecule has 0 aliphatic heterocycles. The first-order valence-corrected chi connectivity index (χ1v) is 13.6. The summed E-state index contributed by atoms with van der Waals surface area (Å²) in [6, 6.07) is 6.92. The first-order chi connectivity index (χ1) is 16.4. The van der Waals surface area contributed by atoms with E-state index in [-0.39, 0.29) is 24.1 Å². The number of carbonyl (C=O) groups is 2. The molecule has 0 spiro atoms. The number of fused-ring (bicyclic) bond motifs is 1. The summed E-state index contributed by atoms with van der Waals surface area (Å²) in [4.78, 5) is 31.2. The lowest BCUT2D eigenvalue weighted by molar-refractivity contribution is -0.143. The molecular weight excluding hydrogens is 474 g/mol. The zero-order valence-electron chi connectivity index (χ0n) is 20.7. The summed E-state index contributed by atoms with van der Waals surface area (Å²) >= 11 is 0. The molecule has 1 fully saturated rings. The Hall–Kier alpha value is -2.66. The van der Waals surface area contributed by atoms with Gasteiger partial charge in [-0.15, -0.1) is 0 Å². The molecule has 1 aliphatic rings. The Labute approximate surface area is 205 Å². The number of carbonyl (C=O) groups excluding carboxylic acids is 2. The molecule has 2 atom stereocenters. The van der Waals surface area contributed by atoms with Gasteiger partial charge in [-0.1, -0.05) is 25.5 Å². The Morgan fingerprint density at radius 2 is 1.97 bits per heavy atom. The van der Waals surface area contributed by atoms with E-state index in [1.54, 1.807) is 45.0 Å². The van der Waals surface area contributed by atoms with E-state index in [1.807, 2.05) is 6.92 Å². The van der Waals surface area contributed by atoms with E-state index in [2.05, 4.69) is 10.3 Å². The Morgan fingerprint density at radius 1 is 1.29 bits per heavy atom. The lowest BCUT2D eigenvalue weighted by Gasteiger charge is -2.30. The molecular formula is C24H35N3O7S. The van der Waals surface area contributed by atoms with Crippen molar-refractivity contribution >= 4 is 32.9 Å². The molecule has 1 aromatic heterocycles. The van der Waals surface area contributed by atoms with Gasteiger partial charge in [0, 0.05) is 13.1 Å². The van der Waals surface area contributed by atoms with Crippen LogP contribution in [0.25, 0.3) is 11.1 Å². The topological polar surface area (TPSA) is 139 Å². The highest BCUT2D eigenvalue weighted by Crippen LogP contribution is 2.32. The quantitative estimate of drug-likeness (QED) is 0.440. The summed E-state index contributed by atoms with van der Waals surface area (Å²) in [5.41, 5.74) is 0.162. The zero-order valence-corrected chi connectivity index (χ0v) is 21.5. The van der Waals surface area contributed by atoms with Crippen LogP contribution in [-0.4, -0.2) is 65.1 Å². The van der Waals surface area contributed by atoms with Crippen molar-refractivity contribution in [2.45, 2.75) is 70.5 Å². The van der Waals surface area contributed by atoms with Gasteiger partial charge in [0.2, 0.25) is 18.0 Å². The van der Waals surface area contributed by atoms with Crippen molar-refractivity contribution in [3.63, 3.8) is 0 Å². The Balaban J connectivity index is 1.87. The molecule has 1 heterocycles. The van der Waals surface area contributed by atoms with Crippen LogP contribution in [0.5, 0.6) is 0 Å². The van der Waals surface area contributed by atoms with Crippen molar-refractivity contribution in [1.29, 1.82) is 0 Å². The van der Waals surface area contributed by atoms with Crippen molar-refractivity contribution in [2.75, 3.05) is 18.8 Å². The first kappa shape index (κ1) is 26.9. The molecule has 1 aliphatic carbocycles. The average molecular weight is 510 g/mol. The molecule has 0 bridgehead atoms. The molecule has 2 amide bonds. The highest BCUT2D eigenvalue weighted by molar-refractivity contribution is 7.92. The van der Waals surface area contributed by atoms with Gasteiger partial charge in [0.25, 0.3) is 0 Å². The van der Waals surface area contributed by atoms with Crippen LogP contribution in [-0.2, 0) is 19.4 Å². The molecule has 1 saturated carbocycles. The fraction of sp³-hybridized carbons (Fsp3) is 0.625. The molecule has 2 N–H and O–H groups in total. The van der Waals surface area contributed by atoms with Crippen LogP contribution in [0, 0.1) is 5.92 Å². The lowest BCUT2D eigenvalue weighted by atomic mass is 10.2. The third kappa shape index (κ3) is 7.41. The van der Waals surface area contributed by atoms with E-state index in [0.717, 1.165) is 17.7 Å². The van der Waals surface area contributed by atoms with Gasteiger partial charge in [0.15, 0.2) is 20.7 Å². The number of alkyl carbamates (subject to hydrolysis) is 1. The zero-order chi connectivity index (χ0) is 25.8. The number of amides is 2. The van der Waals surface area contributed by atoms with Gasteiger partial charge < -0.3 is 24.5 Å². The average Bonchev–Trinajstić information content (AvgIpc) is 3.45. The number of nitrogens with zero attached hydrogens (tertiary/aromatic N) is 2. The van der Waals surface area contributed by atoms with E-state index in [4.69, 9.17) is 9.15 Å². The van der Waals surface area contributed by atoms with Crippen LogP contribution in [0.4, 0.5) is 4.79 Å². The smallest absolute Gasteiger partial charge is 0.407 e. The first-order valence-electron chi connectivity index (χ1n) is 11.9. The third-order valence-corrected chi connectivity index (χ3v) is 7.74.